The zero-order valence-electron chi connectivity index (χ0n) is 7.26. The Labute approximate surface area is 79.8 Å². The first kappa shape index (κ1) is 9.77. The maximum atomic E-state index is 5.36. The highest BCUT2D eigenvalue weighted by atomic mass is 79.9. The average Bonchev–Trinajstić information content (AvgIpc) is 2.34. The summed E-state index contributed by atoms with van der Waals surface area (Å²) in [5, 5.41) is 0. The van der Waals surface area contributed by atoms with E-state index in [0.717, 1.165) is 10.2 Å². The highest BCUT2D eigenvalue weighted by Crippen LogP contribution is 2.28. The summed E-state index contributed by atoms with van der Waals surface area (Å²) in [7, 11) is 3.14. The third kappa shape index (κ3) is 1.88. The molecule has 0 aliphatic carbocycles. The number of aryl methyl sites for hydroxylation is 1. The highest BCUT2D eigenvalue weighted by molar-refractivity contribution is 9.10. The zero-order valence-corrected chi connectivity index (χ0v) is 8.84. The Morgan fingerprint density at radius 2 is 2.00 bits per heavy atom. The van der Waals surface area contributed by atoms with E-state index in [0.29, 0.717) is 5.76 Å². The molecule has 0 radical (unpaired) electrons. The van der Waals surface area contributed by atoms with Gasteiger partial charge >= 0.3 is 0 Å². The molecule has 1 aromatic rings. The zero-order chi connectivity index (χ0) is 9.14. The van der Waals surface area contributed by atoms with Gasteiger partial charge in [0.15, 0.2) is 5.76 Å². The molecule has 0 unspecified atom stereocenters. The van der Waals surface area contributed by atoms with Crippen molar-refractivity contribution in [2.24, 2.45) is 0 Å². The Morgan fingerprint density at radius 1 is 1.42 bits per heavy atom. The standard InChI is InChI=1S/C8H11BrO3/c1-5-4-6(9)7(12-5)8(10-2)11-3/h4,8H,1-3H3. The maximum absolute atomic E-state index is 5.36. The Bertz CT molecular complexity index is 253. The topological polar surface area (TPSA) is 31.6 Å². The summed E-state index contributed by atoms with van der Waals surface area (Å²) in [4.78, 5) is 0. The fourth-order valence-corrected chi connectivity index (χ4v) is 1.56. The lowest BCUT2D eigenvalue weighted by atomic mass is 10.4. The largest absolute Gasteiger partial charge is 0.460 e. The van der Waals surface area contributed by atoms with Crippen molar-refractivity contribution < 1.29 is 13.9 Å². The molecule has 0 amide bonds. The summed E-state index contributed by atoms with van der Waals surface area (Å²) in [5.41, 5.74) is 0. The number of methoxy groups -OCH3 is 2. The van der Waals surface area contributed by atoms with Gasteiger partial charge in [0.1, 0.15) is 5.76 Å². The molecule has 68 valence electrons. The number of furan rings is 1. The van der Waals surface area contributed by atoms with Crippen molar-refractivity contribution in [3.8, 4) is 0 Å². The van der Waals surface area contributed by atoms with Crippen LogP contribution in [-0.2, 0) is 9.47 Å². The van der Waals surface area contributed by atoms with E-state index in [9.17, 15) is 0 Å². The summed E-state index contributed by atoms with van der Waals surface area (Å²) in [6.45, 7) is 1.87. The van der Waals surface area contributed by atoms with Crippen molar-refractivity contribution in [1.82, 2.24) is 0 Å². The van der Waals surface area contributed by atoms with E-state index in [2.05, 4.69) is 15.9 Å². The first-order chi connectivity index (χ1) is 5.69. The second-order valence-electron chi connectivity index (χ2n) is 2.37. The fourth-order valence-electron chi connectivity index (χ4n) is 0.972. The van der Waals surface area contributed by atoms with Crippen LogP contribution in [0.4, 0.5) is 0 Å². The average molecular weight is 235 g/mol. The minimum Gasteiger partial charge on any atom is -0.460 e. The van der Waals surface area contributed by atoms with Gasteiger partial charge in [0, 0.05) is 14.2 Å². The molecule has 0 atom stereocenters. The minimum absolute atomic E-state index is 0.437. The number of hydrogen-bond acceptors (Lipinski definition) is 3. The van der Waals surface area contributed by atoms with Gasteiger partial charge in [0.05, 0.1) is 4.47 Å². The monoisotopic (exact) mass is 234 g/mol. The van der Waals surface area contributed by atoms with Gasteiger partial charge in [-0.1, -0.05) is 0 Å². The summed E-state index contributed by atoms with van der Waals surface area (Å²) in [5.74, 6) is 1.49. The van der Waals surface area contributed by atoms with Crippen LogP contribution >= 0.6 is 15.9 Å². The van der Waals surface area contributed by atoms with Crippen LogP contribution in [0.1, 0.15) is 17.8 Å². The molecule has 0 spiro atoms. The van der Waals surface area contributed by atoms with Gasteiger partial charge in [-0.3, -0.25) is 0 Å². The van der Waals surface area contributed by atoms with Crippen LogP contribution in [0.3, 0.4) is 0 Å². The van der Waals surface area contributed by atoms with Gasteiger partial charge in [-0.15, -0.1) is 0 Å². The van der Waals surface area contributed by atoms with Crippen LogP contribution in [0.15, 0.2) is 15.0 Å². The van der Waals surface area contributed by atoms with E-state index in [1.54, 1.807) is 14.2 Å². The Morgan fingerprint density at radius 3 is 2.33 bits per heavy atom. The van der Waals surface area contributed by atoms with Gasteiger partial charge in [-0.2, -0.15) is 0 Å². The first-order valence-electron chi connectivity index (χ1n) is 3.50. The molecule has 0 bridgehead atoms. The summed E-state index contributed by atoms with van der Waals surface area (Å²) in [6, 6.07) is 1.88. The van der Waals surface area contributed by atoms with Crippen molar-refractivity contribution in [3.63, 3.8) is 0 Å². The molecule has 1 aromatic heterocycles. The Kier molecular flexibility index (Phi) is 3.31. The molecule has 1 rings (SSSR count). The van der Waals surface area contributed by atoms with Crippen LogP contribution in [0, 0.1) is 6.92 Å². The molecule has 0 saturated heterocycles. The quantitative estimate of drug-likeness (QED) is 0.754. The van der Waals surface area contributed by atoms with E-state index in [1.165, 1.54) is 0 Å². The first-order valence-corrected chi connectivity index (χ1v) is 4.29. The van der Waals surface area contributed by atoms with Crippen LogP contribution in [0.2, 0.25) is 0 Å². The van der Waals surface area contributed by atoms with E-state index in [4.69, 9.17) is 13.9 Å². The van der Waals surface area contributed by atoms with Gasteiger partial charge in [0.25, 0.3) is 0 Å². The van der Waals surface area contributed by atoms with Gasteiger partial charge in [-0.25, -0.2) is 0 Å². The van der Waals surface area contributed by atoms with E-state index in [-0.39, 0.29) is 0 Å². The third-order valence-corrected chi connectivity index (χ3v) is 2.10. The van der Waals surface area contributed by atoms with Crippen molar-refractivity contribution in [2.45, 2.75) is 13.2 Å². The fraction of sp³-hybridized carbons (Fsp3) is 0.500. The van der Waals surface area contributed by atoms with E-state index in [1.807, 2.05) is 13.0 Å². The Hall–Kier alpha value is -0.320. The lowest BCUT2D eigenvalue weighted by Gasteiger charge is -2.10. The predicted octanol–water partition coefficient (Wildman–Crippen LogP) is 2.64. The van der Waals surface area contributed by atoms with Gasteiger partial charge in [0.2, 0.25) is 6.29 Å². The molecule has 4 heteroatoms. The van der Waals surface area contributed by atoms with Crippen LogP contribution < -0.4 is 0 Å². The Balaban J connectivity index is 2.91. The summed E-state index contributed by atoms with van der Waals surface area (Å²) >= 11 is 3.35. The predicted molar refractivity (Wildman–Crippen MR) is 47.9 cm³/mol. The van der Waals surface area contributed by atoms with Crippen LogP contribution in [-0.4, -0.2) is 14.2 Å². The van der Waals surface area contributed by atoms with Crippen LogP contribution in [0.25, 0.3) is 0 Å². The molecule has 12 heavy (non-hydrogen) atoms. The third-order valence-electron chi connectivity index (χ3n) is 1.48. The van der Waals surface area contributed by atoms with Crippen molar-refractivity contribution >= 4 is 15.9 Å². The second-order valence-corrected chi connectivity index (χ2v) is 3.23. The van der Waals surface area contributed by atoms with Gasteiger partial charge < -0.3 is 13.9 Å². The number of rotatable bonds is 3. The number of hydrogen-bond donors (Lipinski definition) is 0. The molecule has 0 aliphatic heterocycles. The molecule has 0 aliphatic rings. The highest BCUT2D eigenvalue weighted by Gasteiger charge is 2.17. The molecule has 3 nitrogen and oxygen atoms in total. The number of ether oxygens (including phenoxy) is 2. The maximum Gasteiger partial charge on any atom is 0.217 e. The van der Waals surface area contributed by atoms with E-state index < -0.39 is 6.29 Å². The summed E-state index contributed by atoms with van der Waals surface area (Å²) < 4.78 is 16.3. The van der Waals surface area contributed by atoms with Crippen LogP contribution in [0.5, 0.6) is 0 Å². The lowest BCUT2D eigenvalue weighted by molar-refractivity contribution is -0.118. The lowest BCUT2D eigenvalue weighted by Crippen LogP contribution is -2.02. The van der Waals surface area contributed by atoms with E-state index >= 15 is 0 Å². The molecular formula is C8H11BrO3. The molecule has 1 heterocycles. The van der Waals surface area contributed by atoms with Crippen molar-refractivity contribution in [2.75, 3.05) is 14.2 Å². The molecule has 0 aromatic carbocycles. The molecule has 0 fully saturated rings. The van der Waals surface area contributed by atoms with Gasteiger partial charge in [-0.05, 0) is 28.9 Å². The smallest absolute Gasteiger partial charge is 0.217 e. The minimum atomic E-state index is -0.437. The molecular weight excluding hydrogens is 224 g/mol. The van der Waals surface area contributed by atoms with Crippen molar-refractivity contribution in [3.05, 3.63) is 22.1 Å². The second kappa shape index (κ2) is 4.07. The molecule has 0 saturated carbocycles. The van der Waals surface area contributed by atoms with Crippen molar-refractivity contribution in [1.29, 1.82) is 0 Å². The normalized spacial score (nSPS) is 11.1. The number of halogens is 1. The molecule has 0 N–H and O–H groups in total. The SMILES string of the molecule is COC(OC)c1oc(C)cc1Br. The summed E-state index contributed by atoms with van der Waals surface area (Å²) in [6.07, 6.45) is -0.437.